The van der Waals surface area contributed by atoms with E-state index in [1.807, 2.05) is 0 Å². The third-order valence-corrected chi connectivity index (χ3v) is 2.93. The van der Waals surface area contributed by atoms with Crippen LogP contribution >= 0.6 is 11.6 Å². The Balaban J connectivity index is 2.88. The number of alkyl halides is 1. The molecule has 1 aromatic rings. The van der Waals surface area contributed by atoms with E-state index in [4.69, 9.17) is 22.4 Å². The Morgan fingerprint density at radius 2 is 2.21 bits per heavy atom. The lowest BCUT2D eigenvalue weighted by Crippen LogP contribution is -2.16. The number of hydrogen-bond donors (Lipinski definition) is 3. The van der Waals surface area contributed by atoms with Crippen molar-refractivity contribution in [3.63, 3.8) is 0 Å². The Morgan fingerprint density at radius 1 is 1.53 bits per heavy atom. The van der Waals surface area contributed by atoms with Crippen LogP contribution in [0.2, 0.25) is 0 Å². The molecule has 0 aliphatic heterocycles. The third-order valence-electron chi connectivity index (χ3n) is 2.55. The third kappa shape index (κ3) is 4.34. The number of rotatable bonds is 6. The van der Waals surface area contributed by atoms with Gasteiger partial charge in [-0.15, -0.1) is 11.6 Å². The van der Waals surface area contributed by atoms with Gasteiger partial charge in [0.15, 0.2) is 0 Å². The van der Waals surface area contributed by atoms with Crippen molar-refractivity contribution in [2.75, 3.05) is 13.2 Å². The van der Waals surface area contributed by atoms with Crippen LogP contribution in [0.5, 0.6) is 0 Å². The quantitative estimate of drug-likeness (QED) is 0.694. The Bertz CT molecular complexity index is 444. The lowest BCUT2D eigenvalue weighted by Gasteiger charge is -2.18. The van der Waals surface area contributed by atoms with Crippen LogP contribution in [0.15, 0.2) is 18.2 Å². The van der Waals surface area contributed by atoms with Crippen molar-refractivity contribution in [3.8, 4) is 0 Å². The average molecular weight is 292 g/mol. The van der Waals surface area contributed by atoms with E-state index in [2.05, 4.69) is 4.74 Å². The molecule has 0 bridgehead atoms. The van der Waals surface area contributed by atoms with Crippen LogP contribution in [0.4, 0.5) is 9.18 Å². The predicted octanol–water partition coefficient (Wildman–Crippen LogP) is 1.62. The molecule has 0 fully saturated rings. The number of carbonyl (C=O) groups is 1. The van der Waals surface area contributed by atoms with E-state index >= 15 is 0 Å². The topological polar surface area (TPSA) is 92.8 Å². The van der Waals surface area contributed by atoms with Crippen LogP contribution < -0.4 is 5.73 Å². The highest BCUT2D eigenvalue weighted by Gasteiger charge is 2.21. The number of primary amides is 1. The van der Waals surface area contributed by atoms with E-state index in [9.17, 15) is 14.3 Å². The second-order valence-corrected chi connectivity index (χ2v) is 4.39. The van der Waals surface area contributed by atoms with E-state index in [0.717, 1.165) is 0 Å². The van der Waals surface area contributed by atoms with Crippen molar-refractivity contribution in [2.45, 2.75) is 17.9 Å². The van der Waals surface area contributed by atoms with Crippen LogP contribution in [0.25, 0.3) is 0 Å². The molecular weight excluding hydrogens is 277 g/mol. The zero-order valence-electron chi connectivity index (χ0n) is 10.1. The number of aliphatic hydroxyl groups is 2. The molecule has 0 spiro atoms. The fourth-order valence-corrected chi connectivity index (χ4v) is 1.88. The molecule has 0 radical (unpaired) electrons. The van der Waals surface area contributed by atoms with E-state index in [0.29, 0.717) is 5.56 Å². The number of nitrogens with two attached hydrogens (primary N) is 1. The van der Waals surface area contributed by atoms with E-state index in [1.165, 1.54) is 18.2 Å². The normalized spacial score (nSPS) is 13.9. The molecule has 0 aliphatic carbocycles. The second kappa shape index (κ2) is 7.28. The number of halogens is 2. The minimum absolute atomic E-state index is 0.00961. The molecular formula is C12H15ClFNO4. The summed E-state index contributed by atoms with van der Waals surface area (Å²) in [5.74, 6) is -0.636. The summed E-state index contributed by atoms with van der Waals surface area (Å²) in [4.78, 5) is 10.4. The Morgan fingerprint density at radius 3 is 2.79 bits per heavy atom. The number of aliphatic hydroxyl groups excluding tert-OH is 2. The first-order valence-corrected chi connectivity index (χ1v) is 6.04. The van der Waals surface area contributed by atoms with Crippen molar-refractivity contribution >= 4 is 17.7 Å². The molecule has 4 N–H and O–H groups in total. The molecule has 19 heavy (non-hydrogen) atoms. The molecule has 106 valence electrons. The molecule has 0 heterocycles. The summed E-state index contributed by atoms with van der Waals surface area (Å²) in [7, 11) is 0. The van der Waals surface area contributed by atoms with Crippen LogP contribution in [-0.4, -0.2) is 29.5 Å². The molecule has 2 unspecified atom stereocenters. The van der Waals surface area contributed by atoms with Gasteiger partial charge in [0.05, 0.1) is 24.7 Å². The lowest BCUT2D eigenvalue weighted by molar-refractivity contribution is 0.108. The number of amides is 1. The smallest absolute Gasteiger partial charge is 0.404 e. The maximum atomic E-state index is 13.8. The molecule has 1 rings (SSSR count). The van der Waals surface area contributed by atoms with Crippen molar-refractivity contribution in [2.24, 2.45) is 5.73 Å². The molecule has 7 heteroatoms. The van der Waals surface area contributed by atoms with Crippen LogP contribution in [0.1, 0.15) is 29.0 Å². The van der Waals surface area contributed by atoms with E-state index in [1.54, 1.807) is 0 Å². The summed E-state index contributed by atoms with van der Waals surface area (Å²) >= 11 is 5.86. The summed E-state index contributed by atoms with van der Waals surface area (Å²) < 4.78 is 18.2. The number of benzene rings is 1. The van der Waals surface area contributed by atoms with Gasteiger partial charge >= 0.3 is 6.09 Å². The molecule has 1 amide bonds. The Kier molecular flexibility index (Phi) is 6.01. The van der Waals surface area contributed by atoms with Gasteiger partial charge in [-0.3, -0.25) is 0 Å². The fourth-order valence-electron chi connectivity index (χ4n) is 1.69. The lowest BCUT2D eigenvalue weighted by atomic mass is 9.97. The summed E-state index contributed by atoms with van der Waals surface area (Å²) in [6.07, 6.45) is -2.19. The molecule has 0 saturated heterocycles. The maximum absolute atomic E-state index is 13.8. The minimum Gasteiger partial charge on any atom is -0.450 e. The standard InChI is InChI=1S/C12H15ClFNO4/c13-8(6-16)7-2-1-3-9(14)11(7)10(17)4-5-19-12(15)18/h1-3,8,10,16-17H,4-6H2,(H2,15,18). The van der Waals surface area contributed by atoms with Crippen LogP contribution in [-0.2, 0) is 4.74 Å². The molecule has 0 saturated carbocycles. The zero-order valence-corrected chi connectivity index (χ0v) is 10.8. The molecule has 1 aromatic carbocycles. The van der Waals surface area contributed by atoms with Gasteiger partial charge in [-0.2, -0.15) is 0 Å². The minimum atomic E-state index is -1.21. The number of ether oxygens (including phenoxy) is 1. The van der Waals surface area contributed by atoms with Gasteiger partial charge in [0.1, 0.15) is 5.82 Å². The highest BCUT2D eigenvalue weighted by Crippen LogP contribution is 2.31. The van der Waals surface area contributed by atoms with Crippen molar-refractivity contribution < 1.29 is 24.1 Å². The molecule has 5 nitrogen and oxygen atoms in total. The highest BCUT2D eigenvalue weighted by atomic mass is 35.5. The SMILES string of the molecule is NC(=O)OCCC(O)c1c(F)cccc1C(Cl)CO. The van der Waals surface area contributed by atoms with Gasteiger partial charge in [0.2, 0.25) is 0 Å². The number of hydrogen-bond acceptors (Lipinski definition) is 4. The predicted molar refractivity (Wildman–Crippen MR) is 67.2 cm³/mol. The van der Waals surface area contributed by atoms with E-state index in [-0.39, 0.29) is 25.2 Å². The molecule has 0 aliphatic rings. The average Bonchev–Trinajstić information content (AvgIpc) is 2.36. The van der Waals surface area contributed by atoms with Crippen molar-refractivity contribution in [3.05, 3.63) is 35.1 Å². The maximum Gasteiger partial charge on any atom is 0.404 e. The molecule has 2 atom stereocenters. The van der Waals surface area contributed by atoms with Gasteiger partial charge in [0.25, 0.3) is 0 Å². The van der Waals surface area contributed by atoms with Crippen LogP contribution in [0.3, 0.4) is 0 Å². The van der Waals surface area contributed by atoms with Gasteiger partial charge in [0, 0.05) is 12.0 Å². The second-order valence-electron chi connectivity index (χ2n) is 3.86. The first-order valence-electron chi connectivity index (χ1n) is 5.61. The molecule has 0 aromatic heterocycles. The monoisotopic (exact) mass is 291 g/mol. The van der Waals surface area contributed by atoms with Crippen molar-refractivity contribution in [1.29, 1.82) is 0 Å². The van der Waals surface area contributed by atoms with Gasteiger partial charge in [-0.25, -0.2) is 9.18 Å². The van der Waals surface area contributed by atoms with Gasteiger partial charge < -0.3 is 20.7 Å². The largest absolute Gasteiger partial charge is 0.450 e. The highest BCUT2D eigenvalue weighted by molar-refractivity contribution is 6.21. The first-order chi connectivity index (χ1) is 8.97. The zero-order chi connectivity index (χ0) is 14.4. The van der Waals surface area contributed by atoms with Gasteiger partial charge in [-0.05, 0) is 11.6 Å². The van der Waals surface area contributed by atoms with E-state index < -0.39 is 23.4 Å². The summed E-state index contributed by atoms with van der Waals surface area (Å²) in [5.41, 5.74) is 5.07. The Hall–Kier alpha value is -1.37. The van der Waals surface area contributed by atoms with Gasteiger partial charge in [-0.1, -0.05) is 12.1 Å². The Labute approximate surface area is 114 Å². The summed E-state index contributed by atoms with van der Waals surface area (Å²) in [6.45, 7) is -0.529. The van der Waals surface area contributed by atoms with Crippen molar-refractivity contribution in [1.82, 2.24) is 0 Å². The number of carbonyl (C=O) groups excluding carboxylic acids is 1. The van der Waals surface area contributed by atoms with Crippen LogP contribution in [0, 0.1) is 5.82 Å². The fraction of sp³-hybridized carbons (Fsp3) is 0.417. The first kappa shape index (κ1) is 15.7. The summed E-state index contributed by atoms with van der Waals surface area (Å²) in [5, 5.41) is 18.1. The summed E-state index contributed by atoms with van der Waals surface area (Å²) in [6, 6.07) is 4.13.